The van der Waals surface area contributed by atoms with Crippen LogP contribution in [0.5, 0.6) is 5.75 Å². The minimum atomic E-state index is 0.778. The van der Waals surface area contributed by atoms with E-state index in [1.807, 2.05) is 0 Å². The minimum Gasteiger partial charge on any atom is -0.494 e. The van der Waals surface area contributed by atoms with Crippen LogP contribution in [-0.2, 0) is 0 Å². The zero-order chi connectivity index (χ0) is 13.5. The predicted octanol–water partition coefficient (Wildman–Crippen LogP) is 4.02. The highest BCUT2D eigenvalue weighted by Crippen LogP contribution is 2.20. The van der Waals surface area contributed by atoms with Gasteiger partial charge in [-0.2, -0.15) is 0 Å². The van der Waals surface area contributed by atoms with Crippen LogP contribution in [0.4, 0.5) is 0 Å². The Balaban J connectivity index is 1.90. The Kier molecular flexibility index (Phi) is 5.46. The van der Waals surface area contributed by atoms with Crippen LogP contribution in [0.3, 0.4) is 0 Å². The van der Waals surface area contributed by atoms with Crippen molar-refractivity contribution in [1.29, 1.82) is 0 Å². The number of hydrogen-bond donors (Lipinski definition) is 1. The number of benzene rings is 1. The van der Waals surface area contributed by atoms with Crippen LogP contribution in [0, 0.1) is 0 Å². The van der Waals surface area contributed by atoms with E-state index in [9.17, 15) is 0 Å². The smallest absolute Gasteiger partial charge is 0.119 e. The minimum absolute atomic E-state index is 0.778. The van der Waals surface area contributed by atoms with Crippen molar-refractivity contribution >= 4 is 6.08 Å². The third-order valence-corrected chi connectivity index (χ3v) is 3.37. The number of nitrogens with one attached hydrogen (secondary N) is 1. The van der Waals surface area contributed by atoms with Gasteiger partial charge < -0.3 is 10.1 Å². The highest BCUT2D eigenvalue weighted by molar-refractivity contribution is 5.54. The molecule has 1 aromatic rings. The third-order valence-electron chi connectivity index (χ3n) is 3.37. The second-order valence-electron chi connectivity index (χ2n) is 5.23. The average molecular weight is 259 g/mol. The van der Waals surface area contributed by atoms with Crippen LogP contribution in [-0.4, -0.2) is 19.2 Å². The molecule has 0 atom stereocenters. The highest BCUT2D eigenvalue weighted by Gasteiger charge is 2.19. The predicted molar refractivity (Wildman–Crippen MR) is 81.5 cm³/mol. The van der Waals surface area contributed by atoms with Crippen LogP contribution in [0.15, 0.2) is 29.8 Å². The van der Waals surface area contributed by atoms with Crippen molar-refractivity contribution in [1.82, 2.24) is 5.32 Å². The van der Waals surface area contributed by atoms with E-state index in [-0.39, 0.29) is 0 Å². The molecule has 19 heavy (non-hydrogen) atoms. The summed E-state index contributed by atoms with van der Waals surface area (Å²) in [5.74, 6) is 0.966. The lowest BCUT2D eigenvalue weighted by Crippen LogP contribution is -2.18. The van der Waals surface area contributed by atoms with E-state index in [2.05, 4.69) is 49.5 Å². The van der Waals surface area contributed by atoms with Crippen molar-refractivity contribution in [3.05, 3.63) is 35.4 Å². The molecule has 0 bridgehead atoms. The maximum absolute atomic E-state index is 5.60. The Morgan fingerprint density at radius 1 is 1.26 bits per heavy atom. The lowest BCUT2D eigenvalue weighted by Gasteiger charge is -2.07. The molecule has 0 aromatic heterocycles. The summed E-state index contributed by atoms with van der Waals surface area (Å²) in [5, 5.41) is 3.57. The molecule has 2 rings (SSSR count). The summed E-state index contributed by atoms with van der Waals surface area (Å²) in [6.45, 7) is 6.16. The van der Waals surface area contributed by atoms with Gasteiger partial charge in [0.05, 0.1) is 6.61 Å². The molecule has 0 amide bonds. The van der Waals surface area contributed by atoms with Gasteiger partial charge in [-0.05, 0) is 43.4 Å². The van der Waals surface area contributed by atoms with Gasteiger partial charge in [-0.3, -0.25) is 0 Å². The van der Waals surface area contributed by atoms with Gasteiger partial charge in [-0.1, -0.05) is 37.6 Å². The van der Waals surface area contributed by atoms with Crippen LogP contribution in [0.25, 0.3) is 6.08 Å². The van der Waals surface area contributed by atoms with Gasteiger partial charge in [-0.15, -0.1) is 0 Å². The first-order valence-electron chi connectivity index (χ1n) is 7.47. The molecule has 2 heteroatoms. The highest BCUT2D eigenvalue weighted by atomic mass is 16.5. The first-order chi connectivity index (χ1) is 9.31. The van der Waals surface area contributed by atoms with Crippen LogP contribution in [0.2, 0.25) is 0 Å². The monoisotopic (exact) mass is 259 g/mol. The number of hydrogen-bond acceptors (Lipinski definition) is 2. The van der Waals surface area contributed by atoms with Crippen LogP contribution < -0.4 is 10.1 Å². The molecule has 1 aliphatic carbocycles. The maximum atomic E-state index is 5.60. The number of ether oxygens (including phenoxy) is 1. The molecule has 0 spiro atoms. The van der Waals surface area contributed by atoms with E-state index in [1.165, 1.54) is 24.0 Å². The summed E-state index contributed by atoms with van der Waals surface area (Å²) >= 11 is 0. The molecular formula is C17H25NO. The van der Waals surface area contributed by atoms with Gasteiger partial charge in [0, 0.05) is 12.6 Å². The largest absolute Gasteiger partial charge is 0.494 e. The summed E-state index contributed by atoms with van der Waals surface area (Å²) in [6.07, 6.45) is 7.14. The molecular weight excluding hydrogens is 234 g/mol. The Morgan fingerprint density at radius 2 is 2.00 bits per heavy atom. The van der Waals surface area contributed by atoms with E-state index in [0.717, 1.165) is 37.8 Å². The van der Waals surface area contributed by atoms with Gasteiger partial charge in [0.15, 0.2) is 0 Å². The molecule has 0 unspecified atom stereocenters. The Bertz CT molecular complexity index is 404. The van der Waals surface area contributed by atoms with Crippen molar-refractivity contribution in [3.63, 3.8) is 0 Å². The van der Waals surface area contributed by atoms with Crippen molar-refractivity contribution in [2.75, 3.05) is 13.2 Å². The molecule has 1 aromatic carbocycles. The third kappa shape index (κ3) is 5.07. The second kappa shape index (κ2) is 7.34. The van der Waals surface area contributed by atoms with Gasteiger partial charge in [0.2, 0.25) is 0 Å². The second-order valence-corrected chi connectivity index (χ2v) is 5.23. The lowest BCUT2D eigenvalue weighted by atomic mass is 10.1. The summed E-state index contributed by atoms with van der Waals surface area (Å²) < 4.78 is 5.60. The topological polar surface area (TPSA) is 21.3 Å². The quantitative estimate of drug-likeness (QED) is 0.761. The zero-order valence-corrected chi connectivity index (χ0v) is 12.1. The molecule has 1 N–H and O–H groups in total. The fraction of sp³-hybridized carbons (Fsp3) is 0.529. The summed E-state index contributed by atoms with van der Waals surface area (Å²) in [4.78, 5) is 0. The van der Waals surface area contributed by atoms with E-state index in [4.69, 9.17) is 4.74 Å². The lowest BCUT2D eigenvalue weighted by molar-refractivity contribution is 0.317. The summed E-state index contributed by atoms with van der Waals surface area (Å²) in [6, 6.07) is 9.17. The van der Waals surface area contributed by atoms with Crippen molar-refractivity contribution in [2.45, 2.75) is 45.6 Å². The summed E-state index contributed by atoms with van der Waals surface area (Å²) in [5.41, 5.74) is 2.73. The van der Waals surface area contributed by atoms with E-state index in [1.54, 1.807) is 0 Å². The Morgan fingerprint density at radius 3 is 2.58 bits per heavy atom. The fourth-order valence-corrected chi connectivity index (χ4v) is 1.96. The van der Waals surface area contributed by atoms with Crippen molar-refractivity contribution < 1.29 is 4.74 Å². The molecule has 2 nitrogen and oxygen atoms in total. The fourth-order valence-electron chi connectivity index (χ4n) is 1.96. The molecule has 0 radical (unpaired) electrons. The molecule has 0 aliphatic heterocycles. The molecule has 1 aliphatic rings. The van der Waals surface area contributed by atoms with Gasteiger partial charge in [-0.25, -0.2) is 0 Å². The molecule has 1 fully saturated rings. The molecule has 0 heterocycles. The van der Waals surface area contributed by atoms with E-state index < -0.39 is 0 Å². The standard InChI is InChI=1S/C17H25NO/c1-3-11-19-17-9-5-15(6-10-17)12-14(4-2)13-18-16-7-8-16/h5-6,9-10,12,16,18H,3-4,7-8,11,13H2,1-2H3. The Hall–Kier alpha value is -1.28. The van der Waals surface area contributed by atoms with Crippen LogP contribution in [0.1, 0.15) is 45.1 Å². The molecule has 1 saturated carbocycles. The van der Waals surface area contributed by atoms with Gasteiger partial charge in [0.1, 0.15) is 5.75 Å². The Labute approximate surface area is 116 Å². The molecule has 0 saturated heterocycles. The number of rotatable bonds is 8. The SMILES string of the molecule is CCCOc1ccc(C=C(CC)CNC2CC2)cc1. The van der Waals surface area contributed by atoms with Crippen molar-refractivity contribution in [2.24, 2.45) is 0 Å². The molecule has 104 valence electrons. The van der Waals surface area contributed by atoms with Gasteiger partial charge >= 0.3 is 0 Å². The first kappa shape index (κ1) is 14.1. The maximum Gasteiger partial charge on any atom is 0.119 e. The van der Waals surface area contributed by atoms with E-state index >= 15 is 0 Å². The first-order valence-corrected chi connectivity index (χ1v) is 7.47. The summed E-state index contributed by atoms with van der Waals surface area (Å²) in [7, 11) is 0. The van der Waals surface area contributed by atoms with E-state index in [0.29, 0.717) is 0 Å². The van der Waals surface area contributed by atoms with Crippen molar-refractivity contribution in [3.8, 4) is 5.75 Å². The zero-order valence-electron chi connectivity index (χ0n) is 12.1. The van der Waals surface area contributed by atoms with Gasteiger partial charge in [0.25, 0.3) is 0 Å². The average Bonchev–Trinajstić information content (AvgIpc) is 3.26. The normalized spacial score (nSPS) is 15.6. The van der Waals surface area contributed by atoms with Crippen LogP contribution >= 0.6 is 0 Å².